The molecule has 0 saturated heterocycles. The molecule has 6 nitrogen and oxygen atoms in total. The maximum Gasteiger partial charge on any atom is 0.163 e. The Balaban J connectivity index is 1.54. The number of benzene rings is 2. The molecule has 0 saturated carbocycles. The van der Waals surface area contributed by atoms with Crippen LogP contribution in [0.15, 0.2) is 67.0 Å². The Morgan fingerprint density at radius 2 is 1.71 bits per heavy atom. The van der Waals surface area contributed by atoms with Gasteiger partial charge in [0.25, 0.3) is 0 Å². The molecule has 2 aromatic carbocycles. The molecule has 0 unspecified atom stereocenters. The third-order valence-corrected chi connectivity index (χ3v) is 4.84. The van der Waals surface area contributed by atoms with Crippen molar-refractivity contribution in [3.05, 3.63) is 72.6 Å². The fourth-order valence-electron chi connectivity index (χ4n) is 3.41. The summed E-state index contributed by atoms with van der Waals surface area (Å²) in [4.78, 5) is 13.7. The van der Waals surface area contributed by atoms with E-state index in [-0.39, 0.29) is 0 Å². The summed E-state index contributed by atoms with van der Waals surface area (Å²) in [5, 5.41) is 4.49. The Morgan fingerprint density at radius 1 is 0.871 bits per heavy atom. The number of hydrogen-bond donors (Lipinski definition) is 1. The second kappa shape index (κ2) is 9.89. The maximum absolute atomic E-state index is 5.75. The smallest absolute Gasteiger partial charge is 0.163 e. The van der Waals surface area contributed by atoms with Crippen LogP contribution in [-0.2, 0) is 6.42 Å². The van der Waals surface area contributed by atoms with Gasteiger partial charge in [-0.3, -0.25) is 4.98 Å². The molecule has 0 aliphatic heterocycles. The highest BCUT2D eigenvalue weighted by Crippen LogP contribution is 2.29. The lowest BCUT2D eigenvalue weighted by molar-refractivity contribution is 0.287. The molecular formula is C25H26N4O2. The van der Waals surface area contributed by atoms with Gasteiger partial charge in [-0.25, -0.2) is 9.97 Å². The van der Waals surface area contributed by atoms with Crippen LogP contribution in [0.1, 0.15) is 19.4 Å². The zero-order valence-corrected chi connectivity index (χ0v) is 17.8. The highest BCUT2D eigenvalue weighted by Gasteiger charge is 2.10. The molecule has 0 aliphatic carbocycles. The summed E-state index contributed by atoms with van der Waals surface area (Å²) in [6.45, 7) is 5.89. The number of para-hydroxylation sites is 1. The van der Waals surface area contributed by atoms with Gasteiger partial charge in [0.05, 0.1) is 18.7 Å². The molecule has 158 valence electrons. The lowest BCUT2D eigenvalue weighted by Crippen LogP contribution is -2.08. The van der Waals surface area contributed by atoms with E-state index in [1.165, 1.54) is 5.56 Å². The van der Waals surface area contributed by atoms with Gasteiger partial charge in [-0.1, -0.05) is 18.2 Å². The van der Waals surface area contributed by atoms with E-state index < -0.39 is 0 Å². The Labute approximate surface area is 182 Å². The SMILES string of the molecule is CCOc1ccc(CCNc2nc(-c3cccnc3)nc3ccccc23)cc1OCC. The van der Waals surface area contributed by atoms with E-state index in [4.69, 9.17) is 19.4 Å². The molecular weight excluding hydrogens is 388 g/mol. The first kappa shape index (κ1) is 20.6. The van der Waals surface area contributed by atoms with E-state index in [0.717, 1.165) is 46.7 Å². The normalized spacial score (nSPS) is 10.8. The number of hydrogen-bond acceptors (Lipinski definition) is 6. The molecule has 0 aliphatic rings. The van der Waals surface area contributed by atoms with Crippen LogP contribution in [0.4, 0.5) is 5.82 Å². The molecule has 0 atom stereocenters. The number of pyridine rings is 1. The summed E-state index contributed by atoms with van der Waals surface area (Å²) < 4.78 is 11.4. The first-order valence-electron chi connectivity index (χ1n) is 10.6. The number of nitrogens with zero attached hydrogens (tertiary/aromatic N) is 3. The van der Waals surface area contributed by atoms with Crippen LogP contribution >= 0.6 is 0 Å². The molecule has 2 heterocycles. The van der Waals surface area contributed by atoms with Crippen LogP contribution < -0.4 is 14.8 Å². The molecule has 2 aromatic heterocycles. The van der Waals surface area contributed by atoms with Crippen LogP contribution in [0.5, 0.6) is 11.5 Å². The van der Waals surface area contributed by atoms with Crippen molar-refractivity contribution in [2.45, 2.75) is 20.3 Å². The van der Waals surface area contributed by atoms with E-state index in [1.807, 2.05) is 56.3 Å². The summed E-state index contributed by atoms with van der Waals surface area (Å²) in [6, 6.07) is 18.0. The summed E-state index contributed by atoms with van der Waals surface area (Å²) in [7, 11) is 0. The van der Waals surface area contributed by atoms with Gasteiger partial charge in [0.2, 0.25) is 0 Å². The first-order valence-corrected chi connectivity index (χ1v) is 10.6. The lowest BCUT2D eigenvalue weighted by atomic mass is 10.1. The Hall–Kier alpha value is -3.67. The zero-order chi connectivity index (χ0) is 21.5. The molecule has 31 heavy (non-hydrogen) atoms. The fourth-order valence-corrected chi connectivity index (χ4v) is 3.41. The Bertz CT molecular complexity index is 1150. The third-order valence-electron chi connectivity index (χ3n) is 4.84. The molecule has 4 rings (SSSR count). The van der Waals surface area contributed by atoms with Crippen molar-refractivity contribution in [2.75, 3.05) is 25.1 Å². The number of rotatable bonds is 9. The summed E-state index contributed by atoms with van der Waals surface area (Å²) >= 11 is 0. The second-order valence-corrected chi connectivity index (χ2v) is 6.98. The van der Waals surface area contributed by atoms with E-state index in [9.17, 15) is 0 Å². The van der Waals surface area contributed by atoms with Gasteiger partial charge in [0.1, 0.15) is 5.82 Å². The van der Waals surface area contributed by atoms with Crippen molar-refractivity contribution in [1.82, 2.24) is 15.0 Å². The Kier molecular flexibility index (Phi) is 6.57. The average molecular weight is 415 g/mol. The summed E-state index contributed by atoms with van der Waals surface area (Å²) in [5.41, 5.74) is 2.97. The fraction of sp³-hybridized carbons (Fsp3) is 0.240. The maximum atomic E-state index is 5.75. The van der Waals surface area contributed by atoms with Gasteiger partial charge in [0, 0.05) is 29.9 Å². The predicted molar refractivity (Wildman–Crippen MR) is 124 cm³/mol. The average Bonchev–Trinajstić information content (AvgIpc) is 2.81. The minimum atomic E-state index is 0.603. The van der Waals surface area contributed by atoms with Crippen LogP contribution in [0.2, 0.25) is 0 Å². The lowest BCUT2D eigenvalue weighted by Gasteiger charge is -2.13. The topological polar surface area (TPSA) is 69.2 Å². The standard InChI is InChI=1S/C25H26N4O2/c1-3-30-22-12-11-18(16-23(22)31-4-2)13-15-27-25-20-9-5-6-10-21(20)28-24(29-25)19-8-7-14-26-17-19/h5-12,14,16-17H,3-4,13,15H2,1-2H3,(H,27,28,29). The number of anilines is 1. The number of ether oxygens (including phenoxy) is 2. The molecule has 1 N–H and O–H groups in total. The molecule has 6 heteroatoms. The minimum absolute atomic E-state index is 0.603. The van der Waals surface area contributed by atoms with Gasteiger partial charge in [-0.05, 0) is 62.2 Å². The second-order valence-electron chi connectivity index (χ2n) is 6.98. The molecule has 0 radical (unpaired) electrons. The van der Waals surface area contributed by atoms with Gasteiger partial charge in [-0.15, -0.1) is 0 Å². The monoisotopic (exact) mass is 414 g/mol. The molecule has 0 spiro atoms. The van der Waals surface area contributed by atoms with Crippen molar-refractivity contribution >= 4 is 16.7 Å². The van der Waals surface area contributed by atoms with Crippen molar-refractivity contribution in [3.63, 3.8) is 0 Å². The van der Waals surface area contributed by atoms with Crippen LogP contribution in [0.3, 0.4) is 0 Å². The van der Waals surface area contributed by atoms with E-state index in [2.05, 4.69) is 22.4 Å². The van der Waals surface area contributed by atoms with Gasteiger partial charge in [0.15, 0.2) is 17.3 Å². The predicted octanol–water partition coefficient (Wildman–Crippen LogP) is 5.14. The largest absolute Gasteiger partial charge is 0.490 e. The third kappa shape index (κ3) is 4.91. The van der Waals surface area contributed by atoms with Crippen molar-refractivity contribution in [3.8, 4) is 22.9 Å². The van der Waals surface area contributed by atoms with Crippen LogP contribution in [0.25, 0.3) is 22.3 Å². The molecule has 0 bridgehead atoms. The quantitative estimate of drug-likeness (QED) is 0.409. The van der Waals surface area contributed by atoms with Crippen molar-refractivity contribution in [1.29, 1.82) is 0 Å². The van der Waals surface area contributed by atoms with Crippen LogP contribution in [0, 0.1) is 0 Å². The van der Waals surface area contributed by atoms with Crippen molar-refractivity contribution < 1.29 is 9.47 Å². The number of fused-ring (bicyclic) bond motifs is 1. The van der Waals surface area contributed by atoms with E-state index in [1.54, 1.807) is 12.4 Å². The van der Waals surface area contributed by atoms with E-state index >= 15 is 0 Å². The zero-order valence-electron chi connectivity index (χ0n) is 17.8. The van der Waals surface area contributed by atoms with Gasteiger partial charge in [-0.2, -0.15) is 0 Å². The van der Waals surface area contributed by atoms with Crippen molar-refractivity contribution in [2.24, 2.45) is 0 Å². The number of nitrogens with one attached hydrogen (secondary N) is 1. The summed E-state index contributed by atoms with van der Waals surface area (Å²) in [5.74, 6) is 3.05. The van der Waals surface area contributed by atoms with Gasteiger partial charge < -0.3 is 14.8 Å². The van der Waals surface area contributed by atoms with Gasteiger partial charge >= 0.3 is 0 Å². The highest BCUT2D eigenvalue weighted by molar-refractivity contribution is 5.90. The molecule has 4 aromatic rings. The Morgan fingerprint density at radius 3 is 2.52 bits per heavy atom. The number of aromatic nitrogens is 3. The minimum Gasteiger partial charge on any atom is -0.490 e. The van der Waals surface area contributed by atoms with E-state index in [0.29, 0.717) is 19.0 Å². The van der Waals surface area contributed by atoms with Crippen LogP contribution in [-0.4, -0.2) is 34.7 Å². The molecule has 0 amide bonds. The highest BCUT2D eigenvalue weighted by atomic mass is 16.5. The molecule has 0 fully saturated rings. The summed E-state index contributed by atoms with van der Waals surface area (Å²) in [6.07, 6.45) is 4.35. The first-order chi connectivity index (χ1) is 15.3.